The summed E-state index contributed by atoms with van der Waals surface area (Å²) in [5.41, 5.74) is 16.6. The van der Waals surface area contributed by atoms with Crippen LogP contribution in [0.4, 0.5) is 11.4 Å². The van der Waals surface area contributed by atoms with Gasteiger partial charge in [0.15, 0.2) is 0 Å². The van der Waals surface area contributed by atoms with Crippen LogP contribution in [-0.2, 0) is 9.53 Å². The van der Waals surface area contributed by atoms with Crippen molar-refractivity contribution >= 4 is 17.3 Å². The molecule has 0 amide bonds. The van der Waals surface area contributed by atoms with E-state index in [2.05, 4.69) is 24.3 Å². The molecule has 4 rings (SSSR count). The first-order chi connectivity index (χ1) is 12.1. The van der Waals surface area contributed by atoms with Gasteiger partial charge < -0.3 is 16.2 Å². The lowest BCUT2D eigenvalue weighted by Gasteiger charge is -2.37. The van der Waals surface area contributed by atoms with E-state index >= 15 is 0 Å². The zero-order valence-corrected chi connectivity index (χ0v) is 14.3. The van der Waals surface area contributed by atoms with E-state index in [1.807, 2.05) is 18.2 Å². The number of hydrogen-bond acceptors (Lipinski definition) is 4. The van der Waals surface area contributed by atoms with Gasteiger partial charge in [0.1, 0.15) is 6.10 Å². The number of benzene rings is 2. The molecule has 2 aromatic carbocycles. The summed E-state index contributed by atoms with van der Waals surface area (Å²) in [4.78, 5) is 11.0. The van der Waals surface area contributed by atoms with Crippen LogP contribution in [0.5, 0.6) is 0 Å². The number of hydrogen-bond donors (Lipinski definition) is 2. The summed E-state index contributed by atoms with van der Waals surface area (Å²) < 4.78 is 5.24. The Hall–Kier alpha value is -2.49. The highest BCUT2D eigenvalue weighted by atomic mass is 16.6. The van der Waals surface area contributed by atoms with Crippen molar-refractivity contribution in [1.82, 2.24) is 0 Å². The molecule has 25 heavy (non-hydrogen) atoms. The van der Waals surface area contributed by atoms with Gasteiger partial charge in [0.05, 0.1) is 17.8 Å². The van der Waals surface area contributed by atoms with Crippen LogP contribution in [0.2, 0.25) is 0 Å². The molecule has 4 nitrogen and oxygen atoms in total. The second kappa shape index (κ2) is 6.43. The van der Waals surface area contributed by atoms with Gasteiger partial charge in [0, 0.05) is 0 Å². The molecule has 1 saturated carbocycles. The van der Waals surface area contributed by atoms with E-state index in [0.29, 0.717) is 29.6 Å². The number of nitrogens with two attached hydrogens (primary N) is 2. The minimum Gasteiger partial charge on any atom is -0.461 e. The predicted molar refractivity (Wildman–Crippen MR) is 99.9 cm³/mol. The standard InChI is InChI=1S/C21H24N2O2/c22-18-10-9-17(11-19(18)23)15-3-1-13(2-4-15)14-5-7-16(8-6-14)20-12-21(24)25-20/h1-4,9-11,14,16,20H,5-8,12,22-23H2. The Kier molecular flexibility index (Phi) is 4.12. The van der Waals surface area contributed by atoms with Gasteiger partial charge in [-0.25, -0.2) is 0 Å². The molecule has 1 saturated heterocycles. The van der Waals surface area contributed by atoms with Gasteiger partial charge in [0.25, 0.3) is 0 Å². The average Bonchev–Trinajstić information content (AvgIpc) is 2.62. The van der Waals surface area contributed by atoms with Crippen LogP contribution in [0.3, 0.4) is 0 Å². The number of rotatable bonds is 3. The summed E-state index contributed by atoms with van der Waals surface area (Å²) >= 11 is 0. The Morgan fingerprint density at radius 1 is 0.840 bits per heavy atom. The molecule has 4 N–H and O–H groups in total. The molecular weight excluding hydrogens is 312 g/mol. The minimum atomic E-state index is -0.0361. The van der Waals surface area contributed by atoms with Crippen LogP contribution < -0.4 is 11.5 Å². The van der Waals surface area contributed by atoms with Gasteiger partial charge in [-0.05, 0) is 66.3 Å². The van der Waals surface area contributed by atoms with Crippen molar-refractivity contribution in [3.8, 4) is 11.1 Å². The maximum absolute atomic E-state index is 11.0. The van der Waals surface area contributed by atoms with Gasteiger partial charge in [-0.3, -0.25) is 4.79 Å². The molecule has 0 bridgehead atoms. The Morgan fingerprint density at radius 2 is 1.48 bits per heavy atom. The third kappa shape index (κ3) is 3.21. The highest BCUT2D eigenvalue weighted by Gasteiger charge is 2.37. The molecule has 2 fully saturated rings. The first kappa shape index (κ1) is 16.0. The fourth-order valence-corrected chi connectivity index (χ4v) is 4.11. The smallest absolute Gasteiger partial charge is 0.309 e. The van der Waals surface area contributed by atoms with Crippen LogP contribution in [-0.4, -0.2) is 12.1 Å². The van der Waals surface area contributed by atoms with Crippen molar-refractivity contribution in [1.29, 1.82) is 0 Å². The average molecular weight is 336 g/mol. The van der Waals surface area contributed by atoms with Gasteiger partial charge in [-0.15, -0.1) is 0 Å². The van der Waals surface area contributed by atoms with Crippen LogP contribution in [0, 0.1) is 5.92 Å². The summed E-state index contributed by atoms with van der Waals surface area (Å²) in [7, 11) is 0. The Morgan fingerprint density at radius 3 is 2.08 bits per heavy atom. The summed E-state index contributed by atoms with van der Waals surface area (Å²) in [6, 6.07) is 14.6. The van der Waals surface area contributed by atoms with Crippen molar-refractivity contribution in [3.63, 3.8) is 0 Å². The zero-order valence-electron chi connectivity index (χ0n) is 14.3. The van der Waals surface area contributed by atoms with Gasteiger partial charge >= 0.3 is 5.97 Å². The zero-order chi connectivity index (χ0) is 17.4. The van der Waals surface area contributed by atoms with E-state index in [-0.39, 0.29) is 12.1 Å². The fourth-order valence-electron chi connectivity index (χ4n) is 4.11. The van der Waals surface area contributed by atoms with Crippen molar-refractivity contribution in [2.45, 2.75) is 44.1 Å². The lowest BCUT2D eigenvalue weighted by atomic mass is 9.75. The summed E-state index contributed by atoms with van der Waals surface area (Å²) in [6.45, 7) is 0. The first-order valence-electron chi connectivity index (χ1n) is 9.05. The second-order valence-electron chi connectivity index (χ2n) is 7.31. The first-order valence-corrected chi connectivity index (χ1v) is 9.05. The van der Waals surface area contributed by atoms with E-state index in [0.717, 1.165) is 24.0 Å². The quantitative estimate of drug-likeness (QED) is 0.653. The van der Waals surface area contributed by atoms with E-state index in [1.165, 1.54) is 18.4 Å². The monoisotopic (exact) mass is 336 g/mol. The molecule has 0 aromatic heterocycles. The second-order valence-corrected chi connectivity index (χ2v) is 7.31. The van der Waals surface area contributed by atoms with Crippen LogP contribution in [0.15, 0.2) is 42.5 Å². The molecule has 2 aliphatic rings. The van der Waals surface area contributed by atoms with Crippen molar-refractivity contribution in [2.24, 2.45) is 5.92 Å². The van der Waals surface area contributed by atoms with E-state index in [4.69, 9.17) is 16.2 Å². The summed E-state index contributed by atoms with van der Waals surface area (Å²) in [5.74, 6) is 1.13. The number of cyclic esters (lactones) is 1. The third-order valence-electron chi connectivity index (χ3n) is 5.75. The highest BCUT2D eigenvalue weighted by Crippen LogP contribution is 2.40. The number of anilines is 2. The maximum atomic E-state index is 11.0. The maximum Gasteiger partial charge on any atom is 0.309 e. The summed E-state index contributed by atoms with van der Waals surface area (Å²) in [5, 5.41) is 0. The topological polar surface area (TPSA) is 78.3 Å². The van der Waals surface area contributed by atoms with Crippen molar-refractivity contribution in [3.05, 3.63) is 48.0 Å². The molecule has 1 atom stereocenters. The molecule has 130 valence electrons. The molecular formula is C21H24N2O2. The van der Waals surface area contributed by atoms with E-state index in [1.54, 1.807) is 0 Å². The van der Waals surface area contributed by atoms with Crippen molar-refractivity contribution < 1.29 is 9.53 Å². The SMILES string of the molecule is Nc1ccc(-c2ccc(C3CCC(C4CC(=O)O4)CC3)cc2)cc1N. The lowest BCUT2D eigenvalue weighted by Crippen LogP contribution is -2.40. The number of nitrogen functional groups attached to an aromatic ring is 2. The van der Waals surface area contributed by atoms with Crippen molar-refractivity contribution in [2.75, 3.05) is 11.5 Å². The largest absolute Gasteiger partial charge is 0.461 e. The summed E-state index contributed by atoms with van der Waals surface area (Å²) in [6.07, 6.45) is 5.46. The molecule has 1 unspecified atom stereocenters. The number of carbonyl (C=O) groups excluding carboxylic acids is 1. The molecule has 0 radical (unpaired) electrons. The molecule has 0 spiro atoms. The fraction of sp³-hybridized carbons (Fsp3) is 0.381. The molecule has 1 aliphatic carbocycles. The van der Waals surface area contributed by atoms with Crippen LogP contribution >= 0.6 is 0 Å². The Bertz CT molecular complexity index is 769. The lowest BCUT2D eigenvalue weighted by molar-refractivity contribution is -0.176. The third-order valence-corrected chi connectivity index (χ3v) is 5.75. The molecule has 2 aromatic rings. The predicted octanol–water partition coefficient (Wildman–Crippen LogP) is 4.11. The molecule has 1 aliphatic heterocycles. The van der Waals surface area contributed by atoms with E-state index < -0.39 is 0 Å². The van der Waals surface area contributed by atoms with Crippen LogP contribution in [0.25, 0.3) is 11.1 Å². The molecule has 4 heteroatoms. The van der Waals surface area contributed by atoms with Crippen LogP contribution in [0.1, 0.15) is 43.6 Å². The Labute approximate surface area is 148 Å². The van der Waals surface area contributed by atoms with Gasteiger partial charge in [0.2, 0.25) is 0 Å². The van der Waals surface area contributed by atoms with E-state index in [9.17, 15) is 4.79 Å². The number of carbonyl (C=O) groups is 1. The number of esters is 1. The highest BCUT2D eigenvalue weighted by molar-refractivity contribution is 5.75. The Balaban J connectivity index is 1.40. The minimum absolute atomic E-state index is 0.0361. The van der Waals surface area contributed by atoms with Gasteiger partial charge in [-0.2, -0.15) is 0 Å². The normalized spacial score (nSPS) is 25.9. The molecule has 1 heterocycles. The number of ether oxygens (including phenoxy) is 1. The van der Waals surface area contributed by atoms with Gasteiger partial charge in [-0.1, -0.05) is 30.3 Å².